The molecule has 0 bridgehead atoms. The van der Waals surface area contributed by atoms with Crippen molar-refractivity contribution in [2.45, 2.75) is 38.6 Å². The molecule has 27 heavy (non-hydrogen) atoms. The van der Waals surface area contributed by atoms with E-state index in [1.807, 2.05) is 37.3 Å². The largest absolute Gasteiger partial charge is 0.480 e. The molecule has 0 aliphatic rings. The van der Waals surface area contributed by atoms with Crippen molar-refractivity contribution in [1.29, 1.82) is 0 Å². The maximum atomic E-state index is 12.7. The molecule has 0 aliphatic heterocycles. The summed E-state index contributed by atoms with van der Waals surface area (Å²) in [6.07, 6.45) is 1.62. The van der Waals surface area contributed by atoms with Gasteiger partial charge in [-0.15, -0.1) is 0 Å². The van der Waals surface area contributed by atoms with Crippen molar-refractivity contribution in [2.75, 3.05) is 5.32 Å². The summed E-state index contributed by atoms with van der Waals surface area (Å²) >= 11 is 0. The second-order valence-electron chi connectivity index (χ2n) is 6.35. The molecule has 0 saturated carbocycles. The van der Waals surface area contributed by atoms with Crippen molar-refractivity contribution in [3.63, 3.8) is 0 Å². The van der Waals surface area contributed by atoms with Gasteiger partial charge in [-0.3, -0.25) is 14.4 Å². The molecule has 0 radical (unpaired) electrons. The number of carboxylic acids is 1. The molecule has 2 aromatic carbocycles. The van der Waals surface area contributed by atoms with Crippen molar-refractivity contribution < 1.29 is 19.5 Å². The predicted octanol–water partition coefficient (Wildman–Crippen LogP) is 3.41. The second kappa shape index (κ2) is 9.52. The zero-order chi connectivity index (χ0) is 19.8. The number of benzene rings is 2. The molecule has 6 nitrogen and oxygen atoms in total. The molecule has 142 valence electrons. The van der Waals surface area contributed by atoms with Crippen LogP contribution in [0.25, 0.3) is 0 Å². The number of aliphatic carboxylic acids is 1. The average molecular weight is 368 g/mol. The normalized spacial score (nSPS) is 12.7. The molecule has 6 heteroatoms. The summed E-state index contributed by atoms with van der Waals surface area (Å²) in [4.78, 5) is 35.5. The van der Waals surface area contributed by atoms with E-state index in [1.54, 1.807) is 24.3 Å². The maximum absolute atomic E-state index is 12.7. The second-order valence-corrected chi connectivity index (χ2v) is 6.35. The fourth-order valence-electron chi connectivity index (χ4n) is 2.70. The Bertz CT molecular complexity index is 788. The van der Waals surface area contributed by atoms with E-state index in [9.17, 15) is 14.4 Å². The van der Waals surface area contributed by atoms with Gasteiger partial charge in [-0.05, 0) is 43.2 Å². The van der Waals surface area contributed by atoms with Gasteiger partial charge in [0.1, 0.15) is 6.04 Å². The van der Waals surface area contributed by atoms with Crippen LogP contribution in [0.3, 0.4) is 0 Å². The van der Waals surface area contributed by atoms with Crippen LogP contribution in [0.15, 0.2) is 54.6 Å². The SMILES string of the molecule is CCCC(C(=O)Nc1ccc(C(=O)NC(C)C(=O)O)cc1)c1ccccc1. The van der Waals surface area contributed by atoms with E-state index in [2.05, 4.69) is 10.6 Å². The minimum absolute atomic E-state index is 0.0975. The van der Waals surface area contributed by atoms with Crippen LogP contribution in [0, 0.1) is 0 Å². The van der Waals surface area contributed by atoms with E-state index in [0.29, 0.717) is 11.3 Å². The topological polar surface area (TPSA) is 95.5 Å². The molecular formula is C21H24N2O4. The van der Waals surface area contributed by atoms with Crippen LogP contribution in [-0.4, -0.2) is 28.9 Å². The molecule has 0 aromatic heterocycles. The Morgan fingerprint density at radius 3 is 2.19 bits per heavy atom. The minimum atomic E-state index is -1.10. The summed E-state index contributed by atoms with van der Waals surface area (Å²) in [5.74, 6) is -1.92. The first-order valence-corrected chi connectivity index (χ1v) is 8.92. The van der Waals surface area contributed by atoms with Crippen molar-refractivity contribution in [3.05, 3.63) is 65.7 Å². The maximum Gasteiger partial charge on any atom is 0.325 e. The van der Waals surface area contributed by atoms with E-state index in [0.717, 1.165) is 18.4 Å². The number of anilines is 1. The smallest absolute Gasteiger partial charge is 0.325 e. The minimum Gasteiger partial charge on any atom is -0.480 e. The van der Waals surface area contributed by atoms with Crippen LogP contribution in [0.1, 0.15) is 48.5 Å². The number of nitrogens with one attached hydrogen (secondary N) is 2. The van der Waals surface area contributed by atoms with Crippen LogP contribution >= 0.6 is 0 Å². The van der Waals surface area contributed by atoms with Crippen LogP contribution in [-0.2, 0) is 9.59 Å². The number of amides is 2. The van der Waals surface area contributed by atoms with Crippen LogP contribution in [0.2, 0.25) is 0 Å². The number of hydrogen-bond acceptors (Lipinski definition) is 3. The van der Waals surface area contributed by atoms with E-state index in [4.69, 9.17) is 5.11 Å². The third-order valence-electron chi connectivity index (χ3n) is 4.23. The molecular weight excluding hydrogens is 344 g/mol. The van der Waals surface area contributed by atoms with Gasteiger partial charge >= 0.3 is 5.97 Å². The Morgan fingerprint density at radius 2 is 1.63 bits per heavy atom. The Labute approximate surface area is 158 Å². The predicted molar refractivity (Wildman–Crippen MR) is 104 cm³/mol. The van der Waals surface area contributed by atoms with E-state index >= 15 is 0 Å². The monoisotopic (exact) mass is 368 g/mol. The van der Waals surface area contributed by atoms with Gasteiger partial charge < -0.3 is 15.7 Å². The van der Waals surface area contributed by atoms with Crippen LogP contribution in [0.5, 0.6) is 0 Å². The fraction of sp³-hybridized carbons (Fsp3) is 0.286. The molecule has 0 spiro atoms. The van der Waals surface area contributed by atoms with Gasteiger partial charge in [0.2, 0.25) is 5.91 Å². The van der Waals surface area contributed by atoms with Gasteiger partial charge in [-0.1, -0.05) is 43.7 Å². The molecule has 0 saturated heterocycles. The summed E-state index contributed by atoms with van der Waals surface area (Å²) < 4.78 is 0. The Morgan fingerprint density at radius 1 is 1.00 bits per heavy atom. The Kier molecular flexibility index (Phi) is 7.11. The van der Waals surface area contributed by atoms with Gasteiger partial charge in [0.15, 0.2) is 0 Å². The molecule has 3 N–H and O–H groups in total. The first-order valence-electron chi connectivity index (χ1n) is 8.92. The average Bonchev–Trinajstić information content (AvgIpc) is 2.67. The number of hydrogen-bond donors (Lipinski definition) is 3. The molecule has 2 aromatic rings. The number of carboxylic acid groups (broad SMARTS) is 1. The fourth-order valence-corrected chi connectivity index (χ4v) is 2.70. The third kappa shape index (κ3) is 5.67. The lowest BCUT2D eigenvalue weighted by Gasteiger charge is -2.17. The van der Waals surface area contributed by atoms with E-state index < -0.39 is 17.9 Å². The third-order valence-corrected chi connectivity index (χ3v) is 4.23. The van der Waals surface area contributed by atoms with Gasteiger partial charge in [0.05, 0.1) is 5.92 Å². The van der Waals surface area contributed by atoms with Crippen LogP contribution < -0.4 is 10.6 Å². The summed E-state index contributed by atoms with van der Waals surface area (Å²) in [5, 5.41) is 14.1. The number of rotatable bonds is 8. The highest BCUT2D eigenvalue weighted by atomic mass is 16.4. The lowest BCUT2D eigenvalue weighted by molar-refractivity contribution is -0.138. The highest BCUT2D eigenvalue weighted by Crippen LogP contribution is 2.23. The molecule has 0 fully saturated rings. The summed E-state index contributed by atoms with van der Waals surface area (Å²) in [5.41, 5.74) is 1.88. The molecule has 0 heterocycles. The molecule has 2 unspecified atom stereocenters. The van der Waals surface area contributed by atoms with E-state index in [1.165, 1.54) is 6.92 Å². The van der Waals surface area contributed by atoms with Crippen molar-refractivity contribution >= 4 is 23.5 Å². The van der Waals surface area contributed by atoms with Gasteiger partial charge in [-0.25, -0.2) is 0 Å². The summed E-state index contributed by atoms with van der Waals surface area (Å²) in [6.45, 7) is 3.43. The Hall–Kier alpha value is -3.15. The van der Waals surface area contributed by atoms with E-state index in [-0.39, 0.29) is 11.8 Å². The first-order chi connectivity index (χ1) is 12.9. The molecule has 2 rings (SSSR count). The number of carbonyl (C=O) groups excluding carboxylic acids is 2. The number of carbonyl (C=O) groups is 3. The highest BCUT2D eigenvalue weighted by molar-refractivity contribution is 5.98. The Balaban J connectivity index is 2.05. The zero-order valence-corrected chi connectivity index (χ0v) is 15.4. The first kappa shape index (κ1) is 20.2. The highest BCUT2D eigenvalue weighted by Gasteiger charge is 2.20. The van der Waals surface area contributed by atoms with Gasteiger partial charge in [-0.2, -0.15) is 0 Å². The van der Waals surface area contributed by atoms with Crippen molar-refractivity contribution in [1.82, 2.24) is 5.32 Å². The molecule has 0 aliphatic carbocycles. The van der Waals surface area contributed by atoms with Gasteiger partial charge in [0, 0.05) is 11.3 Å². The van der Waals surface area contributed by atoms with Crippen molar-refractivity contribution in [2.24, 2.45) is 0 Å². The lowest BCUT2D eigenvalue weighted by atomic mass is 9.93. The standard InChI is InChI=1S/C21H24N2O4/c1-3-7-18(15-8-5-4-6-9-15)20(25)23-17-12-10-16(11-13-17)19(24)22-14(2)21(26)27/h4-6,8-14,18H,3,7H2,1-2H3,(H,22,24)(H,23,25)(H,26,27). The molecule has 2 atom stereocenters. The lowest BCUT2D eigenvalue weighted by Crippen LogP contribution is -2.38. The van der Waals surface area contributed by atoms with Crippen molar-refractivity contribution in [3.8, 4) is 0 Å². The summed E-state index contributed by atoms with van der Waals surface area (Å²) in [7, 11) is 0. The quantitative estimate of drug-likeness (QED) is 0.665. The van der Waals surface area contributed by atoms with Gasteiger partial charge in [0.25, 0.3) is 5.91 Å². The summed E-state index contributed by atoms with van der Waals surface area (Å²) in [6, 6.07) is 15.0. The van der Waals surface area contributed by atoms with Crippen LogP contribution in [0.4, 0.5) is 5.69 Å². The molecule has 2 amide bonds. The zero-order valence-electron chi connectivity index (χ0n) is 15.4.